The van der Waals surface area contributed by atoms with Gasteiger partial charge in [-0.2, -0.15) is 0 Å². The Morgan fingerprint density at radius 2 is 2.18 bits per heavy atom. The molecule has 0 aliphatic heterocycles. The zero-order valence-corrected chi connectivity index (χ0v) is 11.4. The molecule has 0 aliphatic rings. The van der Waals surface area contributed by atoms with Crippen molar-refractivity contribution in [3.63, 3.8) is 0 Å². The molecule has 1 amide bonds. The van der Waals surface area contributed by atoms with Crippen LogP contribution in [-0.2, 0) is 0 Å². The van der Waals surface area contributed by atoms with Crippen molar-refractivity contribution in [1.29, 1.82) is 0 Å². The van der Waals surface area contributed by atoms with Gasteiger partial charge in [0.1, 0.15) is 4.88 Å². The molecule has 0 aliphatic carbocycles. The molecule has 1 unspecified atom stereocenters. The topological polar surface area (TPSA) is 62.2 Å². The van der Waals surface area contributed by atoms with E-state index < -0.39 is 6.10 Å². The van der Waals surface area contributed by atoms with Gasteiger partial charge in [-0.15, -0.1) is 11.3 Å². The average molecular weight is 256 g/mol. The zero-order valence-electron chi connectivity index (χ0n) is 10.6. The number of hydrogen-bond acceptors (Lipinski definition) is 4. The molecule has 1 aromatic heterocycles. The minimum Gasteiger partial charge on any atom is -0.391 e. The van der Waals surface area contributed by atoms with Crippen molar-refractivity contribution in [3.05, 3.63) is 16.1 Å². The molecule has 1 heterocycles. The van der Waals surface area contributed by atoms with Crippen LogP contribution in [0, 0.1) is 12.8 Å². The second-order valence-corrected chi connectivity index (χ2v) is 4.98. The zero-order chi connectivity index (χ0) is 12.8. The van der Waals surface area contributed by atoms with Crippen LogP contribution in [0.2, 0.25) is 0 Å². The number of hydrogen-bond donors (Lipinski definition) is 2. The van der Waals surface area contributed by atoms with Crippen LogP contribution in [-0.4, -0.2) is 28.6 Å². The molecule has 1 atom stereocenters. The second kappa shape index (κ2) is 6.71. The van der Waals surface area contributed by atoms with E-state index in [-0.39, 0.29) is 11.8 Å². The van der Waals surface area contributed by atoms with Crippen molar-refractivity contribution in [3.8, 4) is 0 Å². The fourth-order valence-electron chi connectivity index (χ4n) is 1.80. The van der Waals surface area contributed by atoms with Crippen molar-refractivity contribution in [2.24, 2.45) is 5.92 Å². The highest BCUT2D eigenvalue weighted by molar-refractivity contribution is 7.11. The fourth-order valence-corrected chi connectivity index (χ4v) is 2.52. The molecule has 0 fully saturated rings. The van der Waals surface area contributed by atoms with Gasteiger partial charge in [0.2, 0.25) is 0 Å². The van der Waals surface area contributed by atoms with Gasteiger partial charge < -0.3 is 10.4 Å². The minimum absolute atomic E-state index is 0.144. The Labute approximate surface area is 106 Å². The van der Waals surface area contributed by atoms with Gasteiger partial charge in [0.05, 0.1) is 17.3 Å². The number of nitrogens with one attached hydrogen (secondary N) is 1. The van der Waals surface area contributed by atoms with Crippen molar-refractivity contribution in [2.75, 3.05) is 6.54 Å². The van der Waals surface area contributed by atoms with E-state index in [9.17, 15) is 9.90 Å². The van der Waals surface area contributed by atoms with Gasteiger partial charge in [-0.05, 0) is 12.8 Å². The van der Waals surface area contributed by atoms with Crippen LogP contribution in [0.5, 0.6) is 0 Å². The Hall–Kier alpha value is -0.940. The highest BCUT2D eigenvalue weighted by Gasteiger charge is 2.18. The van der Waals surface area contributed by atoms with Crippen molar-refractivity contribution in [1.82, 2.24) is 10.3 Å². The first-order valence-electron chi connectivity index (χ1n) is 5.96. The molecular weight excluding hydrogens is 236 g/mol. The predicted molar refractivity (Wildman–Crippen MR) is 69.3 cm³/mol. The van der Waals surface area contributed by atoms with E-state index in [0.717, 1.165) is 18.5 Å². The maximum Gasteiger partial charge on any atom is 0.263 e. The van der Waals surface area contributed by atoms with Crippen molar-refractivity contribution in [2.45, 2.75) is 39.7 Å². The Kier molecular flexibility index (Phi) is 5.58. The number of nitrogens with zero attached hydrogens (tertiary/aromatic N) is 1. The molecule has 1 rings (SSSR count). The molecule has 0 bridgehead atoms. The Bertz CT molecular complexity index is 361. The third-order valence-corrected chi connectivity index (χ3v) is 3.94. The van der Waals surface area contributed by atoms with Crippen molar-refractivity contribution < 1.29 is 9.90 Å². The van der Waals surface area contributed by atoms with Crippen LogP contribution in [0.4, 0.5) is 0 Å². The van der Waals surface area contributed by atoms with E-state index in [1.807, 2.05) is 20.8 Å². The first-order chi connectivity index (χ1) is 8.10. The van der Waals surface area contributed by atoms with Crippen LogP contribution in [0.25, 0.3) is 0 Å². The maximum atomic E-state index is 11.8. The normalized spacial score (nSPS) is 12.8. The van der Waals surface area contributed by atoms with E-state index in [1.54, 1.807) is 5.51 Å². The van der Waals surface area contributed by atoms with Gasteiger partial charge in [0.15, 0.2) is 0 Å². The summed E-state index contributed by atoms with van der Waals surface area (Å²) in [6.07, 6.45) is 1.38. The van der Waals surface area contributed by atoms with Crippen LogP contribution in [0.1, 0.15) is 42.1 Å². The van der Waals surface area contributed by atoms with E-state index in [4.69, 9.17) is 0 Å². The largest absolute Gasteiger partial charge is 0.391 e. The highest BCUT2D eigenvalue weighted by Crippen LogP contribution is 2.14. The Balaban J connectivity index is 2.46. The van der Waals surface area contributed by atoms with Crippen LogP contribution >= 0.6 is 11.3 Å². The van der Waals surface area contributed by atoms with Gasteiger partial charge >= 0.3 is 0 Å². The first-order valence-corrected chi connectivity index (χ1v) is 6.84. The number of aromatic nitrogens is 1. The van der Waals surface area contributed by atoms with E-state index in [2.05, 4.69) is 10.3 Å². The Morgan fingerprint density at radius 1 is 1.53 bits per heavy atom. The number of rotatable bonds is 6. The smallest absolute Gasteiger partial charge is 0.263 e. The molecule has 0 radical (unpaired) electrons. The fraction of sp³-hybridized carbons (Fsp3) is 0.667. The summed E-state index contributed by atoms with van der Waals surface area (Å²) in [4.78, 5) is 16.4. The molecular formula is C12H20N2O2S. The number of aryl methyl sites for hydroxylation is 1. The third kappa shape index (κ3) is 3.78. The summed E-state index contributed by atoms with van der Waals surface area (Å²) in [6, 6.07) is 0. The van der Waals surface area contributed by atoms with Crippen LogP contribution < -0.4 is 5.32 Å². The number of aliphatic hydroxyl groups is 1. The summed E-state index contributed by atoms with van der Waals surface area (Å²) in [5, 5.41) is 12.7. The molecule has 5 heteroatoms. The maximum absolute atomic E-state index is 11.8. The number of carbonyl (C=O) groups excluding carboxylic acids is 1. The number of thiazole rings is 1. The summed E-state index contributed by atoms with van der Waals surface area (Å²) >= 11 is 1.32. The van der Waals surface area contributed by atoms with Gasteiger partial charge in [0, 0.05) is 6.54 Å². The van der Waals surface area contributed by atoms with E-state index in [0.29, 0.717) is 11.4 Å². The lowest BCUT2D eigenvalue weighted by Crippen LogP contribution is -2.36. The quantitative estimate of drug-likeness (QED) is 0.818. The van der Waals surface area contributed by atoms with E-state index >= 15 is 0 Å². The molecule has 0 aromatic carbocycles. The van der Waals surface area contributed by atoms with Crippen molar-refractivity contribution >= 4 is 17.2 Å². The summed E-state index contributed by atoms with van der Waals surface area (Å²) < 4.78 is 0. The predicted octanol–water partition coefficient (Wildman–Crippen LogP) is 1.98. The van der Waals surface area contributed by atoms with E-state index in [1.165, 1.54) is 11.3 Å². The SMILES string of the molecule is CCC(CC)C(O)CNC(=O)c1scnc1C. The van der Waals surface area contributed by atoms with Gasteiger partial charge in [-0.25, -0.2) is 4.98 Å². The Morgan fingerprint density at radius 3 is 2.65 bits per heavy atom. The monoisotopic (exact) mass is 256 g/mol. The number of aliphatic hydroxyl groups excluding tert-OH is 1. The standard InChI is InChI=1S/C12H20N2O2S/c1-4-9(5-2)10(15)6-13-12(16)11-8(3)14-7-17-11/h7,9-10,15H,4-6H2,1-3H3,(H,13,16). The molecule has 96 valence electrons. The first kappa shape index (κ1) is 14.1. The second-order valence-electron chi connectivity index (χ2n) is 4.12. The molecule has 0 saturated heterocycles. The molecule has 2 N–H and O–H groups in total. The lowest BCUT2D eigenvalue weighted by molar-refractivity contribution is 0.0819. The van der Waals surface area contributed by atoms with Crippen LogP contribution in [0.15, 0.2) is 5.51 Å². The van der Waals surface area contributed by atoms with Gasteiger partial charge in [-0.1, -0.05) is 26.7 Å². The lowest BCUT2D eigenvalue weighted by Gasteiger charge is -2.20. The third-order valence-electron chi connectivity index (χ3n) is 3.02. The summed E-state index contributed by atoms with van der Waals surface area (Å²) in [6.45, 7) is 6.21. The summed E-state index contributed by atoms with van der Waals surface area (Å²) in [7, 11) is 0. The lowest BCUT2D eigenvalue weighted by atomic mass is 9.96. The molecule has 1 aromatic rings. The van der Waals surface area contributed by atoms with Gasteiger partial charge in [-0.3, -0.25) is 4.79 Å². The highest BCUT2D eigenvalue weighted by atomic mass is 32.1. The molecule has 4 nitrogen and oxygen atoms in total. The number of amides is 1. The van der Waals surface area contributed by atoms with Gasteiger partial charge in [0.25, 0.3) is 5.91 Å². The van der Waals surface area contributed by atoms with Crippen LogP contribution in [0.3, 0.4) is 0 Å². The molecule has 0 spiro atoms. The minimum atomic E-state index is -0.470. The molecule has 17 heavy (non-hydrogen) atoms. The molecule has 0 saturated carbocycles. The average Bonchev–Trinajstić information content (AvgIpc) is 2.74. The summed E-state index contributed by atoms with van der Waals surface area (Å²) in [5.41, 5.74) is 2.39. The summed E-state index contributed by atoms with van der Waals surface area (Å²) in [5.74, 6) is 0.105. The number of carbonyl (C=O) groups is 1.